The minimum absolute atomic E-state index is 0.0501. The van der Waals surface area contributed by atoms with Crippen LogP contribution in [0.2, 0.25) is 0 Å². The van der Waals surface area contributed by atoms with Gasteiger partial charge in [0.1, 0.15) is 5.75 Å². The summed E-state index contributed by atoms with van der Waals surface area (Å²) in [4.78, 5) is 10.8. The summed E-state index contributed by atoms with van der Waals surface area (Å²) in [7, 11) is 0. The normalized spacial score (nSPS) is 10.5. The Hall–Kier alpha value is -1.40. The molecule has 2 rings (SSSR count). The molecule has 0 radical (unpaired) electrons. The molecule has 110 valence electrons. The van der Waals surface area contributed by atoms with Gasteiger partial charge in [0.05, 0.1) is 4.92 Å². The number of benzene rings is 2. The summed E-state index contributed by atoms with van der Waals surface area (Å²) >= 11 is 6.67. The molecule has 0 atom stereocenters. The van der Waals surface area contributed by atoms with E-state index in [2.05, 4.69) is 31.9 Å². The Morgan fingerprint density at radius 1 is 1.19 bits per heavy atom. The highest BCUT2D eigenvalue weighted by molar-refractivity contribution is 9.10. The molecule has 2 aromatic carbocycles. The van der Waals surface area contributed by atoms with E-state index in [4.69, 9.17) is 4.74 Å². The highest BCUT2D eigenvalue weighted by Crippen LogP contribution is 2.38. The summed E-state index contributed by atoms with van der Waals surface area (Å²) in [6, 6.07) is 8.99. The molecule has 0 saturated heterocycles. The lowest BCUT2D eigenvalue weighted by Crippen LogP contribution is -1.97. The first-order valence-corrected chi connectivity index (χ1v) is 8.11. The number of hydrogen-bond acceptors (Lipinski definition) is 3. The molecule has 0 heterocycles. The fourth-order valence-corrected chi connectivity index (χ4v) is 2.91. The number of halogens is 2. The van der Waals surface area contributed by atoms with Gasteiger partial charge in [-0.05, 0) is 42.7 Å². The molecule has 0 aromatic heterocycles. The van der Waals surface area contributed by atoms with Crippen molar-refractivity contribution in [2.24, 2.45) is 0 Å². The highest BCUT2D eigenvalue weighted by atomic mass is 79.9. The van der Waals surface area contributed by atoms with Crippen LogP contribution >= 0.6 is 31.9 Å². The molecule has 0 amide bonds. The highest BCUT2D eigenvalue weighted by Gasteiger charge is 2.20. The van der Waals surface area contributed by atoms with Crippen LogP contribution in [0.3, 0.4) is 0 Å². The second-order valence-electron chi connectivity index (χ2n) is 4.66. The molecule has 0 aliphatic rings. The van der Waals surface area contributed by atoms with E-state index < -0.39 is 4.92 Å². The number of alkyl halides is 1. The Morgan fingerprint density at radius 3 is 2.48 bits per heavy atom. The number of nitro benzene ring substituents is 1. The van der Waals surface area contributed by atoms with Crippen LogP contribution in [0.4, 0.5) is 5.69 Å². The van der Waals surface area contributed by atoms with E-state index in [-0.39, 0.29) is 11.4 Å². The van der Waals surface area contributed by atoms with Crippen molar-refractivity contribution in [3.63, 3.8) is 0 Å². The molecule has 2 aromatic rings. The first-order chi connectivity index (χ1) is 9.92. The van der Waals surface area contributed by atoms with Gasteiger partial charge in [0.2, 0.25) is 5.75 Å². The minimum Gasteiger partial charge on any atom is -0.450 e. The zero-order chi connectivity index (χ0) is 15.6. The van der Waals surface area contributed by atoms with Gasteiger partial charge in [-0.3, -0.25) is 10.1 Å². The van der Waals surface area contributed by atoms with Crippen molar-refractivity contribution in [2.75, 3.05) is 0 Å². The zero-order valence-electron chi connectivity index (χ0n) is 11.5. The van der Waals surface area contributed by atoms with Crippen LogP contribution in [0.5, 0.6) is 11.5 Å². The van der Waals surface area contributed by atoms with Gasteiger partial charge in [0, 0.05) is 15.9 Å². The number of nitrogens with zero attached hydrogens (tertiary/aromatic N) is 1. The monoisotopic (exact) mass is 413 g/mol. The molecule has 21 heavy (non-hydrogen) atoms. The first kappa shape index (κ1) is 16.0. The molecule has 0 bridgehead atoms. The van der Waals surface area contributed by atoms with E-state index in [1.165, 1.54) is 6.07 Å². The number of ether oxygens (including phenoxy) is 1. The van der Waals surface area contributed by atoms with E-state index in [1.54, 1.807) is 13.0 Å². The predicted molar refractivity (Wildman–Crippen MR) is 89.4 cm³/mol. The molecule has 0 aliphatic carbocycles. The second kappa shape index (κ2) is 6.58. The summed E-state index contributed by atoms with van der Waals surface area (Å²) in [5, 5.41) is 12.0. The van der Waals surface area contributed by atoms with Gasteiger partial charge in [0.15, 0.2) is 0 Å². The van der Waals surface area contributed by atoms with Crippen molar-refractivity contribution in [2.45, 2.75) is 19.2 Å². The molecular weight excluding hydrogens is 402 g/mol. The van der Waals surface area contributed by atoms with Gasteiger partial charge in [0.25, 0.3) is 0 Å². The smallest absolute Gasteiger partial charge is 0.312 e. The molecule has 0 unspecified atom stereocenters. The van der Waals surface area contributed by atoms with Gasteiger partial charge in [-0.2, -0.15) is 0 Å². The minimum atomic E-state index is -0.435. The quantitative estimate of drug-likeness (QED) is 0.368. The summed E-state index contributed by atoms with van der Waals surface area (Å²) in [6.07, 6.45) is 0. The standard InChI is InChI=1S/C15H13Br2NO3/c1-9-5-11(8-16)3-4-14(9)21-15-10(2)6-12(17)7-13(15)18(19)20/h3-7H,8H2,1-2H3. The van der Waals surface area contributed by atoms with Crippen molar-refractivity contribution in [3.05, 3.63) is 61.6 Å². The SMILES string of the molecule is Cc1cc(CBr)ccc1Oc1c(C)cc(Br)cc1[N+](=O)[O-]. The molecule has 0 aliphatic heterocycles. The van der Waals surface area contributed by atoms with Gasteiger partial charge in [-0.15, -0.1) is 0 Å². The summed E-state index contributed by atoms with van der Waals surface area (Å²) < 4.78 is 6.47. The Balaban J connectivity index is 2.46. The number of hydrogen-bond donors (Lipinski definition) is 0. The molecule has 0 fully saturated rings. The summed E-state index contributed by atoms with van der Waals surface area (Å²) in [5.74, 6) is 0.895. The molecular formula is C15H13Br2NO3. The topological polar surface area (TPSA) is 52.4 Å². The Labute approximate surface area is 139 Å². The average Bonchev–Trinajstić information content (AvgIpc) is 2.42. The Morgan fingerprint density at radius 2 is 1.90 bits per heavy atom. The molecule has 0 N–H and O–H groups in total. The van der Waals surface area contributed by atoms with Crippen molar-refractivity contribution in [3.8, 4) is 11.5 Å². The van der Waals surface area contributed by atoms with Crippen molar-refractivity contribution in [1.82, 2.24) is 0 Å². The lowest BCUT2D eigenvalue weighted by molar-refractivity contribution is -0.385. The van der Waals surface area contributed by atoms with E-state index in [0.717, 1.165) is 16.5 Å². The lowest BCUT2D eigenvalue weighted by Gasteiger charge is -2.12. The third-order valence-corrected chi connectivity index (χ3v) is 4.13. The van der Waals surface area contributed by atoms with E-state index in [9.17, 15) is 10.1 Å². The number of nitro groups is 1. The third-order valence-electron chi connectivity index (χ3n) is 3.02. The van der Waals surface area contributed by atoms with Gasteiger partial charge >= 0.3 is 5.69 Å². The van der Waals surface area contributed by atoms with Crippen LogP contribution in [0.1, 0.15) is 16.7 Å². The molecule has 4 nitrogen and oxygen atoms in total. The van der Waals surface area contributed by atoms with Crippen LogP contribution in [0.15, 0.2) is 34.8 Å². The van der Waals surface area contributed by atoms with Gasteiger partial charge in [-0.1, -0.05) is 44.0 Å². The fourth-order valence-electron chi connectivity index (χ4n) is 2.00. The fraction of sp³-hybridized carbons (Fsp3) is 0.200. The molecule has 0 saturated carbocycles. The van der Waals surface area contributed by atoms with Crippen LogP contribution < -0.4 is 4.74 Å². The predicted octanol–water partition coefficient (Wildman–Crippen LogP) is 5.66. The number of rotatable bonds is 4. The zero-order valence-corrected chi connectivity index (χ0v) is 14.7. The Kier molecular flexibility index (Phi) is 5.00. The summed E-state index contributed by atoms with van der Waals surface area (Å²) in [5.41, 5.74) is 2.72. The summed E-state index contributed by atoms with van der Waals surface area (Å²) in [6.45, 7) is 3.71. The van der Waals surface area contributed by atoms with E-state index >= 15 is 0 Å². The van der Waals surface area contributed by atoms with Crippen molar-refractivity contribution < 1.29 is 9.66 Å². The van der Waals surface area contributed by atoms with Gasteiger partial charge in [-0.25, -0.2) is 0 Å². The maximum atomic E-state index is 11.2. The third kappa shape index (κ3) is 3.63. The van der Waals surface area contributed by atoms with Crippen LogP contribution in [-0.2, 0) is 5.33 Å². The maximum Gasteiger partial charge on any atom is 0.312 e. The van der Waals surface area contributed by atoms with Crippen molar-refractivity contribution in [1.29, 1.82) is 0 Å². The van der Waals surface area contributed by atoms with Gasteiger partial charge < -0.3 is 4.74 Å². The van der Waals surface area contributed by atoms with Crippen LogP contribution in [-0.4, -0.2) is 4.92 Å². The largest absolute Gasteiger partial charge is 0.450 e. The van der Waals surface area contributed by atoms with Crippen LogP contribution in [0, 0.1) is 24.0 Å². The second-order valence-corrected chi connectivity index (χ2v) is 6.14. The molecule has 6 heteroatoms. The first-order valence-electron chi connectivity index (χ1n) is 6.20. The van der Waals surface area contributed by atoms with Crippen LogP contribution in [0.25, 0.3) is 0 Å². The van der Waals surface area contributed by atoms with E-state index in [1.807, 2.05) is 25.1 Å². The van der Waals surface area contributed by atoms with Crippen molar-refractivity contribution >= 4 is 37.5 Å². The average molecular weight is 415 g/mol. The maximum absolute atomic E-state index is 11.2. The Bertz CT molecular complexity index is 702. The molecule has 0 spiro atoms. The van der Waals surface area contributed by atoms with E-state index in [0.29, 0.717) is 15.8 Å². The lowest BCUT2D eigenvalue weighted by atomic mass is 10.1. The number of aryl methyl sites for hydroxylation is 2.